The van der Waals surface area contributed by atoms with E-state index in [1.807, 2.05) is 18.2 Å². The van der Waals surface area contributed by atoms with Gasteiger partial charge in [0.05, 0.1) is 17.4 Å². The van der Waals surface area contributed by atoms with Crippen molar-refractivity contribution >= 4 is 49.9 Å². The van der Waals surface area contributed by atoms with Gasteiger partial charge < -0.3 is 10.3 Å². The smallest absolute Gasteiger partial charge is 0.193 e. The standard InChI is InChI=1S/C24H18BrN3S/c25-17-12-10-15(11-13-17)20-14-21(28-24(29)27-20)22-18-8-4-5-9-19(18)26-23(22)16-6-2-1-3-7-16/h1-13,21,26H,14H2,(H,28,29). The summed E-state index contributed by atoms with van der Waals surface area (Å²) in [5.41, 5.74) is 6.77. The number of para-hydroxylation sites is 1. The Morgan fingerprint density at radius 3 is 2.38 bits per heavy atom. The zero-order valence-electron chi connectivity index (χ0n) is 15.5. The molecule has 1 unspecified atom stereocenters. The summed E-state index contributed by atoms with van der Waals surface area (Å²) < 4.78 is 1.05. The van der Waals surface area contributed by atoms with Gasteiger partial charge in [0.2, 0.25) is 0 Å². The fraction of sp³-hybridized carbons (Fsp3) is 0.0833. The first kappa shape index (κ1) is 18.3. The summed E-state index contributed by atoms with van der Waals surface area (Å²) in [6.45, 7) is 0. The zero-order valence-corrected chi connectivity index (χ0v) is 17.9. The minimum absolute atomic E-state index is 0.0463. The predicted octanol–water partition coefficient (Wildman–Crippen LogP) is 6.41. The van der Waals surface area contributed by atoms with Gasteiger partial charge in [-0.15, -0.1) is 0 Å². The average Bonchev–Trinajstić information content (AvgIpc) is 3.14. The molecule has 0 fully saturated rings. The number of fused-ring (bicyclic) bond motifs is 1. The Morgan fingerprint density at radius 1 is 0.862 bits per heavy atom. The number of nitrogens with zero attached hydrogens (tertiary/aromatic N) is 1. The molecule has 0 amide bonds. The zero-order chi connectivity index (χ0) is 19.8. The molecule has 4 aromatic rings. The monoisotopic (exact) mass is 459 g/mol. The summed E-state index contributed by atoms with van der Waals surface area (Å²) in [4.78, 5) is 8.26. The normalized spacial score (nSPS) is 16.5. The minimum atomic E-state index is 0.0463. The Labute approximate surface area is 183 Å². The van der Waals surface area contributed by atoms with Gasteiger partial charge in [0.1, 0.15) is 0 Å². The molecular formula is C24H18BrN3S. The summed E-state index contributed by atoms with van der Waals surface area (Å²) in [5, 5.41) is 5.19. The van der Waals surface area contributed by atoms with Gasteiger partial charge in [-0.05, 0) is 41.5 Å². The fourth-order valence-corrected chi connectivity index (χ4v) is 4.47. The van der Waals surface area contributed by atoms with E-state index in [0.29, 0.717) is 5.11 Å². The van der Waals surface area contributed by atoms with Crippen molar-refractivity contribution < 1.29 is 0 Å². The number of aromatic nitrogens is 1. The van der Waals surface area contributed by atoms with Crippen molar-refractivity contribution in [2.75, 3.05) is 0 Å². The van der Waals surface area contributed by atoms with Gasteiger partial charge in [-0.1, -0.05) is 76.6 Å². The molecule has 2 heterocycles. The molecule has 0 saturated carbocycles. The van der Waals surface area contributed by atoms with Crippen LogP contribution in [-0.2, 0) is 0 Å². The lowest BCUT2D eigenvalue weighted by molar-refractivity contribution is 0.671. The summed E-state index contributed by atoms with van der Waals surface area (Å²) >= 11 is 9.03. The Hall–Kier alpha value is -2.76. The van der Waals surface area contributed by atoms with Gasteiger partial charge in [0, 0.05) is 27.4 Å². The topological polar surface area (TPSA) is 40.2 Å². The fourth-order valence-electron chi connectivity index (χ4n) is 3.95. The largest absolute Gasteiger partial charge is 0.354 e. The van der Waals surface area contributed by atoms with Crippen LogP contribution in [0.2, 0.25) is 0 Å². The second-order valence-electron chi connectivity index (χ2n) is 7.10. The first-order chi connectivity index (χ1) is 14.2. The van der Waals surface area contributed by atoms with Gasteiger partial charge in [-0.2, -0.15) is 0 Å². The lowest BCUT2D eigenvalue weighted by Gasteiger charge is -2.26. The lowest BCUT2D eigenvalue weighted by Crippen LogP contribution is -2.33. The molecule has 3 aromatic carbocycles. The molecule has 5 heteroatoms. The molecule has 1 atom stereocenters. The molecule has 0 aliphatic carbocycles. The SMILES string of the molecule is S=C1N=C(c2ccc(Br)cc2)CC(c2c(-c3ccccc3)[nH]c3ccccc23)N1. The van der Waals surface area contributed by atoms with Gasteiger partial charge >= 0.3 is 0 Å². The van der Waals surface area contributed by atoms with Crippen molar-refractivity contribution in [3.05, 3.63) is 94.5 Å². The van der Waals surface area contributed by atoms with Crippen LogP contribution in [0.4, 0.5) is 0 Å². The van der Waals surface area contributed by atoms with E-state index in [1.165, 1.54) is 16.5 Å². The van der Waals surface area contributed by atoms with Crippen LogP contribution in [0.1, 0.15) is 23.6 Å². The Balaban J connectivity index is 1.63. The molecule has 5 rings (SSSR count). The van der Waals surface area contributed by atoms with Crippen LogP contribution in [0.3, 0.4) is 0 Å². The molecule has 0 spiro atoms. The summed E-state index contributed by atoms with van der Waals surface area (Å²) in [7, 11) is 0. The predicted molar refractivity (Wildman–Crippen MR) is 128 cm³/mol. The average molecular weight is 460 g/mol. The van der Waals surface area contributed by atoms with Gasteiger partial charge in [0.15, 0.2) is 5.11 Å². The Kier molecular flexibility index (Phi) is 4.78. The molecule has 0 bridgehead atoms. The van der Waals surface area contributed by atoms with Crippen molar-refractivity contribution in [1.82, 2.24) is 10.3 Å². The molecule has 1 aliphatic rings. The summed E-state index contributed by atoms with van der Waals surface area (Å²) in [6, 6.07) is 27.2. The number of hydrogen-bond donors (Lipinski definition) is 2. The maximum absolute atomic E-state index is 5.52. The molecule has 1 aromatic heterocycles. The van der Waals surface area contributed by atoms with Crippen molar-refractivity contribution in [2.24, 2.45) is 4.99 Å². The van der Waals surface area contributed by atoms with E-state index < -0.39 is 0 Å². The lowest BCUT2D eigenvalue weighted by atomic mass is 9.92. The van der Waals surface area contributed by atoms with Crippen molar-refractivity contribution in [2.45, 2.75) is 12.5 Å². The van der Waals surface area contributed by atoms with E-state index >= 15 is 0 Å². The molecule has 1 aliphatic heterocycles. The van der Waals surface area contributed by atoms with Gasteiger partial charge in [-0.25, -0.2) is 4.99 Å². The second kappa shape index (κ2) is 7.58. The third-order valence-corrected chi connectivity index (χ3v) is 6.00. The maximum atomic E-state index is 5.52. The number of rotatable bonds is 3. The van der Waals surface area contributed by atoms with E-state index in [9.17, 15) is 0 Å². The number of thiocarbonyl (C=S) groups is 1. The Morgan fingerprint density at radius 2 is 1.59 bits per heavy atom. The number of aromatic amines is 1. The van der Waals surface area contributed by atoms with Crippen LogP contribution in [-0.4, -0.2) is 15.8 Å². The number of hydrogen-bond acceptors (Lipinski definition) is 1. The number of halogens is 1. The van der Waals surface area contributed by atoms with Crippen LogP contribution in [0, 0.1) is 0 Å². The minimum Gasteiger partial charge on any atom is -0.354 e. The molecule has 29 heavy (non-hydrogen) atoms. The van der Waals surface area contributed by atoms with E-state index in [4.69, 9.17) is 12.2 Å². The second-order valence-corrected chi connectivity index (χ2v) is 8.40. The third-order valence-electron chi connectivity index (χ3n) is 5.27. The van der Waals surface area contributed by atoms with Crippen LogP contribution in [0.15, 0.2) is 88.3 Å². The highest BCUT2D eigenvalue weighted by molar-refractivity contribution is 9.10. The molecular weight excluding hydrogens is 442 g/mol. The highest BCUT2D eigenvalue weighted by atomic mass is 79.9. The van der Waals surface area contributed by atoms with Crippen LogP contribution < -0.4 is 5.32 Å². The van der Waals surface area contributed by atoms with Crippen LogP contribution in [0.5, 0.6) is 0 Å². The number of aliphatic imine (C=N–C) groups is 1. The van der Waals surface area contributed by atoms with Crippen molar-refractivity contribution in [3.63, 3.8) is 0 Å². The number of H-pyrrole nitrogens is 1. The Bertz CT molecular complexity index is 1230. The van der Waals surface area contributed by atoms with E-state index in [2.05, 4.69) is 91.9 Å². The molecule has 3 nitrogen and oxygen atoms in total. The van der Waals surface area contributed by atoms with Crippen molar-refractivity contribution in [1.29, 1.82) is 0 Å². The first-order valence-electron chi connectivity index (χ1n) is 9.49. The van der Waals surface area contributed by atoms with E-state index in [-0.39, 0.29) is 6.04 Å². The molecule has 0 radical (unpaired) electrons. The highest BCUT2D eigenvalue weighted by Gasteiger charge is 2.27. The van der Waals surface area contributed by atoms with Crippen LogP contribution in [0.25, 0.3) is 22.2 Å². The third kappa shape index (κ3) is 3.52. The van der Waals surface area contributed by atoms with Gasteiger partial charge in [0.25, 0.3) is 0 Å². The molecule has 142 valence electrons. The quantitative estimate of drug-likeness (QED) is 0.347. The summed E-state index contributed by atoms with van der Waals surface area (Å²) in [6.07, 6.45) is 0.767. The van der Waals surface area contributed by atoms with Gasteiger partial charge in [-0.3, -0.25) is 0 Å². The summed E-state index contributed by atoms with van der Waals surface area (Å²) in [5.74, 6) is 0. The van der Waals surface area contributed by atoms with E-state index in [0.717, 1.165) is 33.4 Å². The molecule has 0 saturated heterocycles. The molecule has 2 N–H and O–H groups in total. The number of nitrogens with one attached hydrogen (secondary N) is 2. The van der Waals surface area contributed by atoms with Crippen LogP contribution >= 0.6 is 28.1 Å². The van der Waals surface area contributed by atoms with Crippen molar-refractivity contribution in [3.8, 4) is 11.3 Å². The highest BCUT2D eigenvalue weighted by Crippen LogP contribution is 2.37. The maximum Gasteiger partial charge on any atom is 0.193 e. The first-order valence-corrected chi connectivity index (χ1v) is 10.7. The number of benzene rings is 3. The van der Waals surface area contributed by atoms with E-state index in [1.54, 1.807) is 0 Å².